The lowest BCUT2D eigenvalue weighted by atomic mass is 9.86. The molecule has 0 bridgehead atoms. The largest absolute Gasteiger partial charge is 0.489 e. The van der Waals surface area contributed by atoms with Crippen LogP contribution in [0, 0.1) is 20.8 Å². The molecule has 0 saturated carbocycles. The number of oxime groups is 1. The molecule has 1 fully saturated rings. The van der Waals surface area contributed by atoms with E-state index in [0.29, 0.717) is 39.7 Å². The van der Waals surface area contributed by atoms with Gasteiger partial charge in [-0.1, -0.05) is 29.1 Å². The molecule has 0 spiro atoms. The normalized spacial score (nSPS) is 21.0. The molecule has 2 heterocycles. The SMILES string of the molecule is Cc1c(C)c2c(c(C)c1OCC(=O)O)/C(=N/O)CC(C)(COc1ccc(CC3SC(=O)N(CC(=O)O)C3=O)cc1)O2. The number of carboxylic acids is 2. The van der Waals surface area contributed by atoms with Gasteiger partial charge in [0, 0.05) is 17.5 Å². The molecule has 1 saturated heterocycles. The first-order chi connectivity index (χ1) is 19.3. The van der Waals surface area contributed by atoms with Crippen LogP contribution in [-0.4, -0.2) is 79.7 Å². The summed E-state index contributed by atoms with van der Waals surface area (Å²) in [5.74, 6) is -1.43. The van der Waals surface area contributed by atoms with Crippen LogP contribution in [0.4, 0.5) is 4.79 Å². The Balaban J connectivity index is 1.45. The lowest BCUT2D eigenvalue weighted by molar-refractivity contribution is -0.141. The van der Waals surface area contributed by atoms with E-state index in [-0.39, 0.29) is 19.4 Å². The molecule has 2 atom stereocenters. The number of carbonyl (C=O) groups excluding carboxylic acids is 2. The van der Waals surface area contributed by atoms with Crippen LogP contribution >= 0.6 is 11.8 Å². The summed E-state index contributed by atoms with van der Waals surface area (Å²) in [5, 5.41) is 30.1. The second kappa shape index (κ2) is 11.7. The van der Waals surface area contributed by atoms with Gasteiger partial charge >= 0.3 is 11.9 Å². The standard InChI is InChI=1S/C28H30N2O10S/c1-14-15(2)25-23(16(3)24(14)38-12-22(33)34)19(29-37)10-28(4,40-25)13-39-18-7-5-17(6-8-18)9-20-26(35)30(11-21(31)32)27(36)41-20/h5-8,20,37H,9-13H2,1-4H3,(H,31,32)(H,33,34)/b29-19+. The first-order valence-corrected chi connectivity index (χ1v) is 13.6. The number of fused-ring (bicyclic) bond motifs is 1. The Bertz CT molecular complexity index is 1440. The fourth-order valence-corrected chi connectivity index (χ4v) is 5.92. The summed E-state index contributed by atoms with van der Waals surface area (Å²) in [5.41, 5.74) is 2.84. The first-order valence-electron chi connectivity index (χ1n) is 12.7. The maximum absolute atomic E-state index is 12.4. The van der Waals surface area contributed by atoms with Crippen molar-refractivity contribution in [3.63, 3.8) is 0 Å². The number of ether oxygens (including phenoxy) is 3. The van der Waals surface area contributed by atoms with Gasteiger partial charge < -0.3 is 29.6 Å². The summed E-state index contributed by atoms with van der Waals surface area (Å²) in [4.78, 5) is 47.2. The second-order valence-corrected chi connectivity index (χ2v) is 11.3. The van der Waals surface area contributed by atoms with Crippen molar-refractivity contribution in [3.8, 4) is 17.2 Å². The number of thioether (sulfide) groups is 1. The smallest absolute Gasteiger partial charge is 0.341 e. The number of aliphatic carboxylic acids is 2. The number of hydrogen-bond acceptors (Lipinski definition) is 10. The van der Waals surface area contributed by atoms with E-state index in [2.05, 4.69) is 5.16 Å². The molecule has 3 N–H and O–H groups in total. The van der Waals surface area contributed by atoms with Crippen LogP contribution in [0.15, 0.2) is 29.4 Å². The molecule has 2 aromatic rings. The predicted octanol–water partition coefficient (Wildman–Crippen LogP) is 3.56. The van der Waals surface area contributed by atoms with Crippen molar-refractivity contribution in [2.45, 2.75) is 51.4 Å². The van der Waals surface area contributed by atoms with Crippen molar-refractivity contribution in [2.75, 3.05) is 19.8 Å². The van der Waals surface area contributed by atoms with Crippen LogP contribution in [0.3, 0.4) is 0 Å². The minimum Gasteiger partial charge on any atom is -0.489 e. The van der Waals surface area contributed by atoms with E-state index in [1.54, 1.807) is 38.1 Å². The maximum atomic E-state index is 12.4. The summed E-state index contributed by atoms with van der Waals surface area (Å²) in [6.45, 7) is 6.17. The number of benzene rings is 2. The van der Waals surface area contributed by atoms with Crippen LogP contribution in [0.25, 0.3) is 0 Å². The lowest BCUT2D eigenvalue weighted by Crippen LogP contribution is -2.45. The monoisotopic (exact) mass is 586 g/mol. The molecular weight excluding hydrogens is 556 g/mol. The average Bonchev–Trinajstić information content (AvgIpc) is 3.17. The van der Waals surface area contributed by atoms with E-state index in [1.165, 1.54) is 0 Å². The van der Waals surface area contributed by atoms with Crippen LogP contribution < -0.4 is 14.2 Å². The third-order valence-corrected chi connectivity index (χ3v) is 8.09. The number of amides is 2. The van der Waals surface area contributed by atoms with Crippen LogP contribution in [0.5, 0.6) is 17.2 Å². The minimum atomic E-state index is -1.25. The van der Waals surface area contributed by atoms with E-state index in [4.69, 9.17) is 24.4 Å². The molecule has 12 nitrogen and oxygen atoms in total. The number of hydrogen-bond donors (Lipinski definition) is 3. The predicted molar refractivity (Wildman–Crippen MR) is 148 cm³/mol. The van der Waals surface area contributed by atoms with Gasteiger partial charge in [0.15, 0.2) is 6.61 Å². The van der Waals surface area contributed by atoms with Crippen molar-refractivity contribution in [3.05, 3.63) is 52.1 Å². The van der Waals surface area contributed by atoms with Gasteiger partial charge in [-0.05, 0) is 62.9 Å². The molecule has 2 aliphatic heterocycles. The van der Waals surface area contributed by atoms with Gasteiger partial charge in [0.05, 0.1) is 11.0 Å². The number of carboxylic acid groups (broad SMARTS) is 2. The highest BCUT2D eigenvalue weighted by atomic mass is 32.2. The Morgan fingerprint density at radius 3 is 2.37 bits per heavy atom. The molecule has 0 aromatic heterocycles. The molecule has 218 valence electrons. The van der Waals surface area contributed by atoms with E-state index in [1.807, 2.05) is 13.8 Å². The summed E-state index contributed by atoms with van der Waals surface area (Å²) < 4.78 is 18.0. The topological polar surface area (TPSA) is 172 Å². The number of rotatable bonds is 10. The molecule has 0 aliphatic carbocycles. The highest BCUT2D eigenvalue weighted by molar-refractivity contribution is 8.15. The Kier molecular flexibility index (Phi) is 8.47. The van der Waals surface area contributed by atoms with Crippen molar-refractivity contribution < 1.29 is 48.8 Å². The van der Waals surface area contributed by atoms with Crippen LogP contribution in [0.1, 0.15) is 41.2 Å². The van der Waals surface area contributed by atoms with Gasteiger partial charge in [0.2, 0.25) is 5.91 Å². The summed E-state index contributed by atoms with van der Waals surface area (Å²) in [7, 11) is 0. The third kappa shape index (κ3) is 6.24. The summed E-state index contributed by atoms with van der Waals surface area (Å²) in [6.07, 6.45) is 0.466. The highest BCUT2D eigenvalue weighted by Crippen LogP contribution is 2.44. The van der Waals surface area contributed by atoms with Gasteiger partial charge in [0.25, 0.3) is 5.24 Å². The van der Waals surface area contributed by atoms with E-state index < -0.39 is 47.1 Å². The van der Waals surface area contributed by atoms with Crippen molar-refractivity contribution >= 4 is 40.6 Å². The summed E-state index contributed by atoms with van der Waals surface area (Å²) >= 11 is 0.817. The van der Waals surface area contributed by atoms with Crippen molar-refractivity contribution in [1.29, 1.82) is 0 Å². The Hall–Kier alpha value is -4.26. The minimum absolute atomic E-state index is 0.106. The lowest BCUT2D eigenvalue weighted by Gasteiger charge is -2.38. The number of nitrogens with zero attached hydrogens (tertiary/aromatic N) is 2. The fraction of sp³-hybridized carbons (Fsp3) is 0.393. The molecule has 2 aromatic carbocycles. The first kappa shape index (κ1) is 29.7. The Morgan fingerprint density at radius 1 is 1.07 bits per heavy atom. The third-order valence-electron chi connectivity index (χ3n) is 7.01. The van der Waals surface area contributed by atoms with Gasteiger partial charge in [-0.3, -0.25) is 19.3 Å². The molecule has 41 heavy (non-hydrogen) atoms. The second-order valence-electron chi connectivity index (χ2n) is 10.2. The quantitative estimate of drug-likeness (QED) is 0.274. The van der Waals surface area contributed by atoms with Crippen molar-refractivity contribution in [1.82, 2.24) is 4.90 Å². The van der Waals surface area contributed by atoms with Crippen molar-refractivity contribution in [2.24, 2.45) is 5.16 Å². The molecule has 2 unspecified atom stereocenters. The molecule has 2 amide bonds. The zero-order valence-electron chi connectivity index (χ0n) is 22.9. The van der Waals surface area contributed by atoms with E-state index in [9.17, 15) is 24.4 Å². The Labute approximate surface area is 239 Å². The zero-order chi connectivity index (χ0) is 30.1. The highest BCUT2D eigenvalue weighted by Gasteiger charge is 2.41. The molecule has 0 radical (unpaired) electrons. The summed E-state index contributed by atoms with van der Waals surface area (Å²) in [6, 6.07) is 6.98. The van der Waals surface area contributed by atoms with Crippen LogP contribution in [0.2, 0.25) is 0 Å². The van der Waals surface area contributed by atoms with E-state index >= 15 is 0 Å². The zero-order valence-corrected chi connectivity index (χ0v) is 23.7. The maximum Gasteiger partial charge on any atom is 0.341 e. The van der Waals surface area contributed by atoms with Gasteiger partial charge in [-0.15, -0.1) is 0 Å². The fourth-order valence-electron chi connectivity index (χ4n) is 4.89. The number of imide groups is 1. The average molecular weight is 587 g/mol. The molecule has 4 rings (SSSR count). The van der Waals surface area contributed by atoms with E-state index in [0.717, 1.165) is 27.8 Å². The molecular formula is C28H30N2O10S. The molecule has 2 aliphatic rings. The Morgan fingerprint density at radius 2 is 1.76 bits per heavy atom. The van der Waals surface area contributed by atoms with Crippen LogP contribution in [-0.2, 0) is 20.8 Å². The molecule has 13 heteroatoms. The van der Waals surface area contributed by atoms with Gasteiger partial charge in [-0.2, -0.15) is 0 Å². The van der Waals surface area contributed by atoms with Gasteiger partial charge in [0.1, 0.15) is 36.0 Å². The number of carbonyl (C=O) groups is 4. The van der Waals surface area contributed by atoms with Gasteiger partial charge in [-0.25, -0.2) is 4.79 Å².